The van der Waals surface area contributed by atoms with Gasteiger partial charge in [-0.1, -0.05) is 6.42 Å². The number of fused-ring (bicyclic) bond motifs is 4. The zero-order valence-electron chi connectivity index (χ0n) is 17.0. The Labute approximate surface area is 178 Å². The standard InChI is InChI=1S/C21H26N6O2S/c28-18(22-12-17-26-25-16-8-2-1-5-11-27(16)17)10-9-15-23-20(29)19-13-6-3-4-7-14(13)30-21(19)24-15/h1-12H2,(H,22,28)(H,23,24,29). The minimum absolute atomic E-state index is 0.0686. The highest BCUT2D eigenvalue weighted by Gasteiger charge is 2.20. The molecule has 0 aromatic carbocycles. The van der Waals surface area contributed by atoms with Crippen LogP contribution in [0.2, 0.25) is 0 Å². The summed E-state index contributed by atoms with van der Waals surface area (Å²) in [5.74, 6) is 2.34. The number of rotatable bonds is 5. The first-order chi connectivity index (χ1) is 14.7. The summed E-state index contributed by atoms with van der Waals surface area (Å²) in [4.78, 5) is 34.6. The predicted octanol–water partition coefficient (Wildman–Crippen LogP) is 2.43. The van der Waals surface area contributed by atoms with Gasteiger partial charge in [-0.05, 0) is 44.1 Å². The number of hydrogen-bond donors (Lipinski definition) is 2. The molecule has 0 bridgehead atoms. The van der Waals surface area contributed by atoms with E-state index in [1.54, 1.807) is 11.3 Å². The Balaban J connectivity index is 1.22. The lowest BCUT2D eigenvalue weighted by Gasteiger charge is -2.09. The van der Waals surface area contributed by atoms with Gasteiger partial charge in [0, 0.05) is 30.7 Å². The maximum atomic E-state index is 12.6. The first-order valence-corrected chi connectivity index (χ1v) is 11.7. The third-order valence-electron chi connectivity index (χ3n) is 6.09. The number of carbonyl (C=O) groups excluding carboxylic acids is 1. The van der Waals surface area contributed by atoms with Crippen LogP contribution in [-0.2, 0) is 43.6 Å². The molecule has 0 fully saturated rings. The molecule has 30 heavy (non-hydrogen) atoms. The van der Waals surface area contributed by atoms with E-state index in [0.29, 0.717) is 18.8 Å². The van der Waals surface area contributed by atoms with Crippen molar-refractivity contribution in [1.29, 1.82) is 0 Å². The van der Waals surface area contributed by atoms with Crippen LogP contribution in [0.1, 0.15) is 66.4 Å². The van der Waals surface area contributed by atoms with Gasteiger partial charge in [0.1, 0.15) is 16.5 Å². The highest BCUT2D eigenvalue weighted by molar-refractivity contribution is 7.18. The molecule has 0 saturated carbocycles. The van der Waals surface area contributed by atoms with Crippen LogP contribution in [0.5, 0.6) is 0 Å². The van der Waals surface area contributed by atoms with E-state index in [1.807, 2.05) is 0 Å². The summed E-state index contributed by atoms with van der Waals surface area (Å²) >= 11 is 1.64. The van der Waals surface area contributed by atoms with Gasteiger partial charge in [0.25, 0.3) is 5.56 Å². The van der Waals surface area contributed by atoms with E-state index in [9.17, 15) is 9.59 Å². The molecule has 1 amide bonds. The highest BCUT2D eigenvalue weighted by Crippen LogP contribution is 2.33. The van der Waals surface area contributed by atoms with Gasteiger partial charge >= 0.3 is 0 Å². The lowest BCUT2D eigenvalue weighted by atomic mass is 9.97. The maximum absolute atomic E-state index is 12.6. The van der Waals surface area contributed by atoms with E-state index in [2.05, 4.69) is 30.0 Å². The molecule has 5 rings (SSSR count). The van der Waals surface area contributed by atoms with Crippen molar-refractivity contribution in [1.82, 2.24) is 30.0 Å². The Morgan fingerprint density at radius 1 is 1.10 bits per heavy atom. The Hall–Kier alpha value is -2.55. The normalized spacial score (nSPS) is 16.1. The van der Waals surface area contributed by atoms with Crippen LogP contribution in [0.4, 0.5) is 0 Å². The van der Waals surface area contributed by atoms with Crippen molar-refractivity contribution in [3.05, 3.63) is 38.3 Å². The summed E-state index contributed by atoms with van der Waals surface area (Å²) in [6, 6.07) is 0. The summed E-state index contributed by atoms with van der Waals surface area (Å²) < 4.78 is 2.14. The molecule has 1 aliphatic heterocycles. The molecule has 2 aliphatic rings. The van der Waals surface area contributed by atoms with Gasteiger partial charge in [0.15, 0.2) is 5.82 Å². The Kier molecular flexibility index (Phi) is 5.37. The third kappa shape index (κ3) is 3.78. The second kappa shape index (κ2) is 8.29. The fourth-order valence-corrected chi connectivity index (χ4v) is 5.78. The van der Waals surface area contributed by atoms with E-state index >= 15 is 0 Å². The molecule has 4 heterocycles. The first kappa shape index (κ1) is 19.4. The highest BCUT2D eigenvalue weighted by atomic mass is 32.1. The molecule has 1 aliphatic carbocycles. The summed E-state index contributed by atoms with van der Waals surface area (Å²) in [5, 5.41) is 12.2. The summed E-state index contributed by atoms with van der Waals surface area (Å²) in [6.45, 7) is 1.30. The monoisotopic (exact) mass is 426 g/mol. The largest absolute Gasteiger partial charge is 0.349 e. The van der Waals surface area contributed by atoms with E-state index in [0.717, 1.165) is 66.9 Å². The number of aromatic amines is 1. The van der Waals surface area contributed by atoms with Crippen molar-refractivity contribution in [3.63, 3.8) is 0 Å². The first-order valence-electron chi connectivity index (χ1n) is 10.9. The number of thiophene rings is 1. The average molecular weight is 427 g/mol. The third-order valence-corrected chi connectivity index (χ3v) is 7.28. The minimum atomic E-state index is -0.0748. The topological polar surface area (TPSA) is 106 Å². The molecule has 0 unspecified atom stereocenters. The molecular formula is C21H26N6O2S. The number of hydrogen-bond acceptors (Lipinski definition) is 6. The predicted molar refractivity (Wildman–Crippen MR) is 115 cm³/mol. The van der Waals surface area contributed by atoms with Gasteiger partial charge in [-0.3, -0.25) is 9.59 Å². The minimum Gasteiger partial charge on any atom is -0.349 e. The van der Waals surface area contributed by atoms with Crippen molar-refractivity contribution in [3.8, 4) is 0 Å². The summed E-state index contributed by atoms with van der Waals surface area (Å²) in [5.41, 5.74) is 1.12. The molecule has 2 N–H and O–H groups in total. The van der Waals surface area contributed by atoms with Gasteiger partial charge in [-0.15, -0.1) is 21.5 Å². The zero-order chi connectivity index (χ0) is 20.5. The van der Waals surface area contributed by atoms with Crippen LogP contribution in [0, 0.1) is 0 Å². The number of H-pyrrole nitrogens is 1. The number of carbonyl (C=O) groups is 1. The van der Waals surface area contributed by atoms with Crippen LogP contribution in [0.15, 0.2) is 4.79 Å². The van der Waals surface area contributed by atoms with Crippen LogP contribution in [0.3, 0.4) is 0 Å². The Morgan fingerprint density at radius 2 is 1.97 bits per heavy atom. The smallest absolute Gasteiger partial charge is 0.259 e. The SMILES string of the molecule is O=C(CCc1nc2sc3c(c2c(=O)[nH]1)CCCC3)NCc1nnc2n1CCCCC2. The maximum Gasteiger partial charge on any atom is 0.259 e. The van der Waals surface area contributed by atoms with E-state index in [1.165, 1.54) is 23.3 Å². The van der Waals surface area contributed by atoms with Gasteiger partial charge in [0.2, 0.25) is 5.91 Å². The van der Waals surface area contributed by atoms with Crippen molar-refractivity contribution in [2.24, 2.45) is 0 Å². The van der Waals surface area contributed by atoms with E-state index < -0.39 is 0 Å². The van der Waals surface area contributed by atoms with Gasteiger partial charge in [-0.2, -0.15) is 0 Å². The lowest BCUT2D eigenvalue weighted by Crippen LogP contribution is -2.25. The van der Waals surface area contributed by atoms with Crippen LogP contribution >= 0.6 is 11.3 Å². The molecule has 9 heteroatoms. The van der Waals surface area contributed by atoms with Crippen LogP contribution in [-0.4, -0.2) is 30.6 Å². The van der Waals surface area contributed by atoms with E-state index in [4.69, 9.17) is 0 Å². The van der Waals surface area contributed by atoms with Crippen molar-refractivity contribution in [2.75, 3.05) is 0 Å². The molecule has 158 valence electrons. The van der Waals surface area contributed by atoms with Gasteiger partial charge < -0.3 is 14.9 Å². The summed E-state index contributed by atoms with van der Waals surface area (Å²) in [6.07, 6.45) is 9.45. The second-order valence-electron chi connectivity index (χ2n) is 8.18. The number of nitrogens with one attached hydrogen (secondary N) is 2. The van der Waals surface area contributed by atoms with Crippen molar-refractivity contribution in [2.45, 2.75) is 77.3 Å². The molecule has 3 aromatic rings. The van der Waals surface area contributed by atoms with Crippen LogP contribution in [0.25, 0.3) is 10.2 Å². The fourth-order valence-electron chi connectivity index (χ4n) is 4.50. The van der Waals surface area contributed by atoms with Crippen molar-refractivity contribution < 1.29 is 4.79 Å². The number of amides is 1. The molecular weight excluding hydrogens is 400 g/mol. The quantitative estimate of drug-likeness (QED) is 0.652. The second-order valence-corrected chi connectivity index (χ2v) is 9.26. The molecule has 0 saturated heterocycles. The van der Waals surface area contributed by atoms with Crippen molar-refractivity contribution >= 4 is 27.5 Å². The Bertz CT molecular complexity index is 1140. The molecule has 0 radical (unpaired) electrons. The Morgan fingerprint density at radius 3 is 2.90 bits per heavy atom. The molecule has 8 nitrogen and oxygen atoms in total. The lowest BCUT2D eigenvalue weighted by molar-refractivity contribution is -0.121. The molecule has 0 spiro atoms. The van der Waals surface area contributed by atoms with Crippen LogP contribution < -0.4 is 10.9 Å². The summed E-state index contributed by atoms with van der Waals surface area (Å²) in [7, 11) is 0. The zero-order valence-corrected chi connectivity index (χ0v) is 17.8. The average Bonchev–Trinajstić information content (AvgIpc) is 3.23. The van der Waals surface area contributed by atoms with Gasteiger partial charge in [-0.25, -0.2) is 4.98 Å². The molecule has 3 aromatic heterocycles. The number of aryl methyl sites for hydroxylation is 4. The number of aromatic nitrogens is 5. The fraction of sp³-hybridized carbons (Fsp3) is 0.571. The number of nitrogens with zero attached hydrogens (tertiary/aromatic N) is 4. The molecule has 0 atom stereocenters. The van der Waals surface area contributed by atoms with Gasteiger partial charge in [0.05, 0.1) is 11.9 Å². The van der Waals surface area contributed by atoms with E-state index in [-0.39, 0.29) is 17.9 Å².